The first-order chi connectivity index (χ1) is 16.6. The summed E-state index contributed by atoms with van der Waals surface area (Å²) >= 11 is -2.47. The Labute approximate surface area is 204 Å². The average Bonchev–Trinajstić information content (AvgIpc) is 2.83. The summed E-state index contributed by atoms with van der Waals surface area (Å²) < 4.78 is 21.9. The second-order valence-corrected chi connectivity index (χ2v) is 8.43. The van der Waals surface area contributed by atoms with E-state index in [2.05, 4.69) is 16.0 Å². The van der Waals surface area contributed by atoms with E-state index in [0.29, 0.717) is 6.42 Å². The molecular weight excluding hydrogens is 484 g/mol. The zero-order chi connectivity index (χ0) is 26.4. The number of carboxylic acids is 1. The van der Waals surface area contributed by atoms with Crippen LogP contribution in [0.25, 0.3) is 0 Å². The third-order valence-corrected chi connectivity index (χ3v) is 5.46. The second kappa shape index (κ2) is 15.7. The van der Waals surface area contributed by atoms with Gasteiger partial charge in [0.2, 0.25) is 11.8 Å². The lowest BCUT2D eigenvalue weighted by Crippen LogP contribution is -2.55. The van der Waals surface area contributed by atoms with Crippen molar-refractivity contribution in [3.05, 3.63) is 29.8 Å². The van der Waals surface area contributed by atoms with Crippen molar-refractivity contribution in [3.63, 3.8) is 0 Å². The minimum Gasteiger partial charge on any atom is -0.768 e. The van der Waals surface area contributed by atoms with Crippen LogP contribution in [0.15, 0.2) is 29.2 Å². The zero-order valence-electron chi connectivity index (χ0n) is 18.8. The molecule has 35 heavy (non-hydrogen) atoms. The molecular formula is C21H29N4O9S-. The van der Waals surface area contributed by atoms with Gasteiger partial charge in [-0.3, -0.25) is 23.4 Å². The summed E-state index contributed by atoms with van der Waals surface area (Å²) in [4.78, 5) is 60.0. The molecule has 13 nitrogen and oxygen atoms in total. The number of nitrogens with one attached hydrogen (secondary N) is 3. The fraction of sp³-hybridized carbons (Fsp3) is 0.476. The second-order valence-electron chi connectivity index (χ2n) is 7.49. The molecule has 14 heteroatoms. The van der Waals surface area contributed by atoms with Crippen molar-refractivity contribution in [2.45, 2.75) is 55.1 Å². The monoisotopic (exact) mass is 513 g/mol. The summed E-state index contributed by atoms with van der Waals surface area (Å²) in [7, 11) is 0. The molecule has 0 saturated carbocycles. The number of carbonyl (C=O) groups is 5. The summed E-state index contributed by atoms with van der Waals surface area (Å²) in [6.45, 7) is -0.0718. The first-order valence-corrected chi connectivity index (χ1v) is 11.8. The Balaban J connectivity index is 2.97. The molecule has 0 heterocycles. The first kappa shape index (κ1) is 29.8. The van der Waals surface area contributed by atoms with Gasteiger partial charge in [-0.05, 0) is 67.6 Å². The van der Waals surface area contributed by atoms with Crippen molar-refractivity contribution in [2.24, 2.45) is 5.73 Å². The molecule has 0 bridgehead atoms. The fourth-order valence-electron chi connectivity index (χ4n) is 2.99. The predicted octanol–water partition coefficient (Wildman–Crippen LogP) is -1.82. The number of rotatable bonds is 16. The largest absolute Gasteiger partial charge is 0.768 e. The SMILES string of the molecule is NCCCC(NC(=O)C(CCCO)NC(=O)c1ccc(S(=O)[O-])cc1)C(=O)NC(C=O)CC(=O)O. The Bertz CT molecular complexity index is 911. The molecule has 0 aromatic heterocycles. The molecule has 1 aromatic rings. The van der Waals surface area contributed by atoms with E-state index in [0.717, 1.165) is 0 Å². The van der Waals surface area contributed by atoms with Crippen LogP contribution in [0, 0.1) is 0 Å². The van der Waals surface area contributed by atoms with Crippen molar-refractivity contribution in [2.75, 3.05) is 13.2 Å². The quantitative estimate of drug-likeness (QED) is 0.107. The highest BCUT2D eigenvalue weighted by molar-refractivity contribution is 7.79. The van der Waals surface area contributed by atoms with Crippen LogP contribution in [0.5, 0.6) is 0 Å². The number of nitrogens with two attached hydrogens (primary N) is 1. The van der Waals surface area contributed by atoms with Gasteiger partial charge < -0.3 is 41.2 Å². The minimum atomic E-state index is -2.47. The molecule has 0 spiro atoms. The lowest BCUT2D eigenvalue weighted by atomic mass is 10.1. The Morgan fingerprint density at radius 3 is 2.09 bits per heavy atom. The van der Waals surface area contributed by atoms with Gasteiger partial charge in [-0.15, -0.1) is 0 Å². The van der Waals surface area contributed by atoms with Crippen molar-refractivity contribution < 1.29 is 42.9 Å². The zero-order valence-corrected chi connectivity index (χ0v) is 19.6. The lowest BCUT2D eigenvalue weighted by Gasteiger charge is -2.24. The molecule has 1 aromatic carbocycles. The molecule has 0 aliphatic heterocycles. The maximum Gasteiger partial charge on any atom is 0.305 e. The molecule has 7 N–H and O–H groups in total. The van der Waals surface area contributed by atoms with Crippen molar-refractivity contribution in [3.8, 4) is 0 Å². The van der Waals surface area contributed by atoms with Gasteiger partial charge in [0.25, 0.3) is 5.91 Å². The topological polar surface area (TPSA) is 228 Å². The van der Waals surface area contributed by atoms with E-state index in [-0.39, 0.29) is 49.2 Å². The molecule has 4 unspecified atom stereocenters. The summed E-state index contributed by atoms with van der Waals surface area (Å²) in [6, 6.07) is 1.35. The van der Waals surface area contributed by atoms with Gasteiger partial charge in [-0.2, -0.15) is 0 Å². The molecule has 0 radical (unpaired) electrons. The van der Waals surface area contributed by atoms with E-state index in [1.807, 2.05) is 0 Å². The Kier molecular flexibility index (Phi) is 13.3. The number of carboxylic acid groups (broad SMARTS) is 1. The van der Waals surface area contributed by atoms with Gasteiger partial charge in [0.15, 0.2) is 0 Å². The third kappa shape index (κ3) is 10.7. The van der Waals surface area contributed by atoms with Gasteiger partial charge >= 0.3 is 5.97 Å². The van der Waals surface area contributed by atoms with E-state index < -0.39 is 59.3 Å². The van der Waals surface area contributed by atoms with E-state index in [1.165, 1.54) is 24.3 Å². The van der Waals surface area contributed by atoms with Crippen LogP contribution in [0.4, 0.5) is 0 Å². The number of aliphatic hydroxyl groups is 1. The van der Waals surface area contributed by atoms with E-state index >= 15 is 0 Å². The van der Waals surface area contributed by atoms with Gasteiger partial charge in [-0.1, -0.05) is 0 Å². The lowest BCUT2D eigenvalue weighted by molar-refractivity contribution is -0.139. The van der Waals surface area contributed by atoms with Crippen LogP contribution in [0.1, 0.15) is 42.5 Å². The highest BCUT2D eigenvalue weighted by atomic mass is 32.2. The van der Waals surface area contributed by atoms with E-state index in [4.69, 9.17) is 15.9 Å². The summed E-state index contributed by atoms with van der Waals surface area (Å²) in [5.74, 6) is -3.52. The number of carbonyl (C=O) groups excluding carboxylic acids is 4. The molecule has 0 aliphatic rings. The van der Waals surface area contributed by atoms with Crippen LogP contribution < -0.4 is 21.7 Å². The fourth-order valence-corrected chi connectivity index (χ4v) is 3.35. The molecule has 0 aliphatic carbocycles. The Morgan fingerprint density at radius 1 is 1.00 bits per heavy atom. The average molecular weight is 514 g/mol. The van der Waals surface area contributed by atoms with Crippen molar-refractivity contribution in [1.29, 1.82) is 0 Å². The molecule has 194 valence electrons. The van der Waals surface area contributed by atoms with Gasteiger partial charge in [0.05, 0.1) is 12.5 Å². The van der Waals surface area contributed by atoms with Gasteiger partial charge in [0.1, 0.15) is 18.4 Å². The van der Waals surface area contributed by atoms with Crippen LogP contribution in [-0.4, -0.2) is 80.2 Å². The van der Waals surface area contributed by atoms with Crippen LogP contribution in [-0.2, 0) is 30.3 Å². The molecule has 1 rings (SSSR count). The maximum atomic E-state index is 12.9. The number of benzene rings is 1. The summed E-state index contributed by atoms with van der Waals surface area (Å²) in [5.41, 5.74) is 5.57. The Morgan fingerprint density at radius 2 is 1.57 bits per heavy atom. The third-order valence-electron chi connectivity index (χ3n) is 4.80. The predicted molar refractivity (Wildman–Crippen MR) is 122 cm³/mol. The van der Waals surface area contributed by atoms with Crippen molar-refractivity contribution >= 4 is 41.1 Å². The standard InChI is InChI=1S/C21H30N4O9S/c22-9-1-3-16(20(31)23-14(12-27)11-18(28)29)25-21(32)17(4-2-10-26)24-19(30)13-5-7-15(8-6-13)35(33)34/h5-8,12,14,16-17,26H,1-4,9-11,22H2,(H,23,31)(H,24,30)(H,25,32)(H,28,29)(H,33,34)/p-1. The number of hydrogen-bond donors (Lipinski definition) is 6. The summed E-state index contributed by atoms with van der Waals surface area (Å²) in [5, 5.41) is 25.2. The summed E-state index contributed by atoms with van der Waals surface area (Å²) in [6.07, 6.45) is 0.216. The number of aliphatic hydroxyl groups excluding tert-OH is 1. The van der Waals surface area contributed by atoms with Crippen LogP contribution >= 0.6 is 0 Å². The van der Waals surface area contributed by atoms with Crippen LogP contribution in [0.2, 0.25) is 0 Å². The minimum absolute atomic E-state index is 0.0257. The highest BCUT2D eigenvalue weighted by Crippen LogP contribution is 2.09. The number of hydrogen-bond acceptors (Lipinski definition) is 9. The molecule has 4 atom stereocenters. The highest BCUT2D eigenvalue weighted by Gasteiger charge is 2.28. The normalized spacial score (nSPS) is 14.1. The number of aldehydes is 1. The van der Waals surface area contributed by atoms with E-state index in [9.17, 15) is 32.7 Å². The number of aliphatic carboxylic acids is 1. The Hall–Kier alpha value is -3.20. The van der Waals surface area contributed by atoms with Gasteiger partial charge in [0, 0.05) is 17.1 Å². The smallest absolute Gasteiger partial charge is 0.305 e. The molecule has 0 fully saturated rings. The van der Waals surface area contributed by atoms with Crippen molar-refractivity contribution in [1.82, 2.24) is 16.0 Å². The van der Waals surface area contributed by atoms with Gasteiger partial charge in [-0.25, -0.2) is 0 Å². The first-order valence-electron chi connectivity index (χ1n) is 10.7. The van der Waals surface area contributed by atoms with E-state index in [1.54, 1.807) is 0 Å². The molecule has 3 amide bonds. The molecule has 0 saturated heterocycles. The number of amides is 3. The van der Waals surface area contributed by atoms with Crippen LogP contribution in [0.3, 0.4) is 0 Å². The maximum absolute atomic E-state index is 12.9.